The molecule has 0 aliphatic carbocycles. The second-order valence-electron chi connectivity index (χ2n) is 4.57. The van der Waals surface area contributed by atoms with Crippen LogP contribution in [0, 0.1) is 6.92 Å². The van der Waals surface area contributed by atoms with Crippen molar-refractivity contribution in [3.63, 3.8) is 0 Å². The second-order valence-corrected chi connectivity index (χ2v) is 4.98. The predicted molar refractivity (Wildman–Crippen MR) is 64.7 cm³/mol. The summed E-state index contributed by atoms with van der Waals surface area (Å²) in [6.45, 7) is 5.93. The fraction of sp³-hybridized carbons (Fsp3) is 0.500. The fourth-order valence-corrected chi connectivity index (χ4v) is 1.78. The molecule has 15 heavy (non-hydrogen) atoms. The van der Waals surface area contributed by atoms with E-state index in [-0.39, 0.29) is 5.54 Å². The topological polar surface area (TPSA) is 35.2 Å². The van der Waals surface area contributed by atoms with Gasteiger partial charge in [-0.05, 0) is 44.9 Å². The van der Waals surface area contributed by atoms with Crippen LogP contribution in [-0.2, 0) is 6.42 Å². The van der Waals surface area contributed by atoms with Crippen LogP contribution >= 0.6 is 11.6 Å². The lowest BCUT2D eigenvalue weighted by atomic mass is 9.95. The highest BCUT2D eigenvalue weighted by Crippen LogP contribution is 2.28. The Morgan fingerprint density at radius 2 is 2.00 bits per heavy atom. The minimum absolute atomic E-state index is 0.233. The summed E-state index contributed by atoms with van der Waals surface area (Å²) in [7, 11) is 1.65. The Hall–Kier alpha value is -0.730. The molecule has 1 aromatic carbocycles. The minimum Gasteiger partial charge on any atom is -0.496 e. The number of nitrogens with two attached hydrogens (primary N) is 1. The van der Waals surface area contributed by atoms with Crippen molar-refractivity contribution >= 4 is 11.6 Å². The number of methoxy groups -OCH3 is 1. The van der Waals surface area contributed by atoms with Crippen LogP contribution in [0.25, 0.3) is 0 Å². The van der Waals surface area contributed by atoms with E-state index in [1.807, 2.05) is 32.9 Å². The first kappa shape index (κ1) is 12.3. The summed E-state index contributed by atoms with van der Waals surface area (Å²) >= 11 is 6.11. The molecule has 3 heteroatoms. The van der Waals surface area contributed by atoms with Crippen LogP contribution in [0.4, 0.5) is 0 Å². The first-order valence-electron chi connectivity index (χ1n) is 4.95. The molecule has 1 aromatic rings. The zero-order chi connectivity index (χ0) is 11.6. The Bertz CT molecular complexity index is 355. The SMILES string of the molecule is COc1cc(CC(C)(C)N)cc(Cl)c1C. The fourth-order valence-electron chi connectivity index (χ4n) is 1.55. The van der Waals surface area contributed by atoms with E-state index in [1.165, 1.54) is 0 Å². The van der Waals surface area contributed by atoms with Crippen molar-refractivity contribution < 1.29 is 4.74 Å². The maximum absolute atomic E-state index is 6.11. The van der Waals surface area contributed by atoms with Crippen molar-refractivity contribution in [2.24, 2.45) is 5.73 Å². The van der Waals surface area contributed by atoms with Gasteiger partial charge in [0.1, 0.15) is 5.75 Å². The van der Waals surface area contributed by atoms with Crippen LogP contribution in [0.3, 0.4) is 0 Å². The van der Waals surface area contributed by atoms with E-state index in [2.05, 4.69) is 0 Å². The molecule has 0 saturated carbocycles. The molecule has 0 saturated heterocycles. The summed E-state index contributed by atoms with van der Waals surface area (Å²) in [5, 5.41) is 0.730. The second kappa shape index (κ2) is 4.42. The molecule has 2 nitrogen and oxygen atoms in total. The largest absolute Gasteiger partial charge is 0.496 e. The van der Waals surface area contributed by atoms with E-state index < -0.39 is 0 Å². The average molecular weight is 228 g/mol. The first-order chi connectivity index (χ1) is 6.83. The Labute approximate surface area is 96.4 Å². The Kier molecular flexibility index (Phi) is 3.63. The van der Waals surface area contributed by atoms with Crippen molar-refractivity contribution in [3.8, 4) is 5.75 Å². The van der Waals surface area contributed by atoms with E-state index in [0.29, 0.717) is 0 Å². The zero-order valence-corrected chi connectivity index (χ0v) is 10.5. The number of ether oxygens (including phenoxy) is 1. The highest BCUT2D eigenvalue weighted by atomic mass is 35.5. The molecule has 0 fully saturated rings. The molecule has 0 bridgehead atoms. The van der Waals surface area contributed by atoms with Crippen LogP contribution in [-0.4, -0.2) is 12.6 Å². The Morgan fingerprint density at radius 3 is 2.47 bits per heavy atom. The van der Waals surface area contributed by atoms with Crippen molar-refractivity contribution in [2.75, 3.05) is 7.11 Å². The van der Waals surface area contributed by atoms with Gasteiger partial charge in [-0.3, -0.25) is 0 Å². The normalized spacial score (nSPS) is 11.6. The van der Waals surface area contributed by atoms with E-state index >= 15 is 0 Å². The summed E-state index contributed by atoms with van der Waals surface area (Å²) < 4.78 is 5.26. The highest BCUT2D eigenvalue weighted by molar-refractivity contribution is 6.31. The smallest absolute Gasteiger partial charge is 0.123 e. The third kappa shape index (κ3) is 3.40. The van der Waals surface area contributed by atoms with Gasteiger partial charge in [0.2, 0.25) is 0 Å². The maximum atomic E-state index is 6.11. The lowest BCUT2D eigenvalue weighted by Crippen LogP contribution is -2.34. The molecule has 0 aliphatic heterocycles. The van der Waals surface area contributed by atoms with Crippen molar-refractivity contribution in [2.45, 2.75) is 32.7 Å². The van der Waals surface area contributed by atoms with Gasteiger partial charge in [-0.1, -0.05) is 11.6 Å². The third-order valence-corrected chi connectivity index (χ3v) is 2.63. The molecule has 0 aromatic heterocycles. The Balaban J connectivity index is 3.06. The summed E-state index contributed by atoms with van der Waals surface area (Å²) in [6, 6.07) is 3.95. The van der Waals surface area contributed by atoms with Gasteiger partial charge in [-0.2, -0.15) is 0 Å². The summed E-state index contributed by atoms with van der Waals surface area (Å²) in [5.74, 6) is 0.821. The summed E-state index contributed by atoms with van der Waals surface area (Å²) in [4.78, 5) is 0. The molecule has 0 unspecified atom stereocenters. The van der Waals surface area contributed by atoms with Gasteiger partial charge in [0.15, 0.2) is 0 Å². The quantitative estimate of drug-likeness (QED) is 0.862. The van der Waals surface area contributed by atoms with Crippen LogP contribution < -0.4 is 10.5 Å². The van der Waals surface area contributed by atoms with Gasteiger partial charge in [0, 0.05) is 16.1 Å². The van der Waals surface area contributed by atoms with E-state index in [4.69, 9.17) is 22.1 Å². The number of benzene rings is 1. The van der Waals surface area contributed by atoms with Gasteiger partial charge in [-0.25, -0.2) is 0 Å². The summed E-state index contributed by atoms with van der Waals surface area (Å²) in [5.41, 5.74) is 7.81. The number of hydrogen-bond donors (Lipinski definition) is 1. The molecule has 0 amide bonds. The van der Waals surface area contributed by atoms with Gasteiger partial charge in [0.25, 0.3) is 0 Å². The molecular weight excluding hydrogens is 210 g/mol. The maximum Gasteiger partial charge on any atom is 0.123 e. The molecule has 0 radical (unpaired) electrons. The van der Waals surface area contributed by atoms with E-state index in [1.54, 1.807) is 7.11 Å². The third-order valence-electron chi connectivity index (χ3n) is 2.24. The van der Waals surface area contributed by atoms with E-state index in [9.17, 15) is 0 Å². The van der Waals surface area contributed by atoms with Crippen molar-refractivity contribution in [1.29, 1.82) is 0 Å². The Morgan fingerprint density at radius 1 is 1.40 bits per heavy atom. The van der Waals surface area contributed by atoms with Crippen molar-refractivity contribution in [3.05, 3.63) is 28.3 Å². The minimum atomic E-state index is -0.233. The lowest BCUT2D eigenvalue weighted by molar-refractivity contribution is 0.410. The number of rotatable bonds is 3. The van der Waals surface area contributed by atoms with Crippen LogP contribution in [0.2, 0.25) is 5.02 Å². The van der Waals surface area contributed by atoms with Crippen LogP contribution in [0.15, 0.2) is 12.1 Å². The van der Waals surface area contributed by atoms with Gasteiger partial charge >= 0.3 is 0 Å². The first-order valence-corrected chi connectivity index (χ1v) is 5.33. The standard InChI is InChI=1S/C12H18ClNO/c1-8-10(13)5-9(6-11(8)15-4)7-12(2,3)14/h5-6H,7,14H2,1-4H3. The number of hydrogen-bond acceptors (Lipinski definition) is 2. The number of halogens is 1. The lowest BCUT2D eigenvalue weighted by Gasteiger charge is -2.19. The molecule has 0 aliphatic rings. The predicted octanol–water partition coefficient (Wildman–Crippen LogP) is 2.94. The molecule has 84 valence electrons. The molecule has 0 atom stereocenters. The molecule has 1 rings (SSSR count). The van der Waals surface area contributed by atoms with Crippen LogP contribution in [0.5, 0.6) is 5.75 Å². The van der Waals surface area contributed by atoms with Gasteiger partial charge in [-0.15, -0.1) is 0 Å². The van der Waals surface area contributed by atoms with E-state index in [0.717, 1.165) is 28.3 Å². The zero-order valence-electron chi connectivity index (χ0n) is 9.73. The van der Waals surface area contributed by atoms with Gasteiger partial charge in [0.05, 0.1) is 7.11 Å². The monoisotopic (exact) mass is 227 g/mol. The molecule has 0 spiro atoms. The molecular formula is C12H18ClNO. The highest BCUT2D eigenvalue weighted by Gasteiger charge is 2.14. The average Bonchev–Trinajstić information content (AvgIpc) is 2.08. The van der Waals surface area contributed by atoms with Crippen molar-refractivity contribution in [1.82, 2.24) is 0 Å². The van der Waals surface area contributed by atoms with Crippen LogP contribution in [0.1, 0.15) is 25.0 Å². The molecule has 2 N–H and O–H groups in total. The van der Waals surface area contributed by atoms with Gasteiger partial charge < -0.3 is 10.5 Å². The molecule has 0 heterocycles. The summed E-state index contributed by atoms with van der Waals surface area (Å²) in [6.07, 6.45) is 0.781.